The molecule has 1 aromatic carbocycles. The Morgan fingerprint density at radius 3 is 2.60 bits per heavy atom. The average Bonchev–Trinajstić information content (AvgIpc) is 3.44. The Bertz CT molecular complexity index is 1220. The average molecular weight is 476 g/mol. The number of benzene rings is 1. The van der Waals surface area contributed by atoms with E-state index in [1.165, 1.54) is 0 Å². The number of carbonyl (C=O) groups is 2. The van der Waals surface area contributed by atoms with Crippen LogP contribution in [0.1, 0.15) is 53.6 Å². The van der Waals surface area contributed by atoms with Crippen LogP contribution in [0, 0.1) is 11.3 Å². The van der Waals surface area contributed by atoms with E-state index in [2.05, 4.69) is 46.6 Å². The van der Waals surface area contributed by atoms with Crippen LogP contribution in [0.25, 0.3) is 0 Å². The molecular weight excluding hydrogens is 442 g/mol. The van der Waals surface area contributed by atoms with Crippen LogP contribution in [0.5, 0.6) is 0 Å². The van der Waals surface area contributed by atoms with Crippen molar-refractivity contribution < 1.29 is 9.59 Å². The molecule has 3 heterocycles. The summed E-state index contributed by atoms with van der Waals surface area (Å²) < 4.78 is 1.90. The summed E-state index contributed by atoms with van der Waals surface area (Å²) in [5.41, 5.74) is 4.50. The van der Waals surface area contributed by atoms with E-state index in [0.29, 0.717) is 24.5 Å². The quantitative estimate of drug-likeness (QED) is 0.589. The van der Waals surface area contributed by atoms with Gasteiger partial charge in [0.2, 0.25) is 0 Å². The van der Waals surface area contributed by atoms with Crippen molar-refractivity contribution in [2.24, 2.45) is 11.3 Å². The van der Waals surface area contributed by atoms with Crippen molar-refractivity contribution in [2.75, 3.05) is 32.5 Å². The molecule has 1 atom stereocenters. The normalized spacial score (nSPS) is 18.9. The van der Waals surface area contributed by atoms with Gasteiger partial charge in [-0.05, 0) is 30.2 Å². The fraction of sp³-hybridized carbons (Fsp3) is 0.462. The molecule has 2 aliphatic rings. The van der Waals surface area contributed by atoms with Crippen LogP contribution in [-0.2, 0) is 12.8 Å². The van der Waals surface area contributed by atoms with Gasteiger partial charge >= 0.3 is 6.03 Å². The van der Waals surface area contributed by atoms with Gasteiger partial charge in [-0.25, -0.2) is 4.79 Å². The highest BCUT2D eigenvalue weighted by Crippen LogP contribution is 2.35. The number of H-pyrrole nitrogens is 1. The first-order valence-electron chi connectivity index (χ1n) is 12.1. The smallest absolute Gasteiger partial charge is 0.319 e. The first kappa shape index (κ1) is 23.1. The predicted octanol–water partition coefficient (Wildman–Crippen LogP) is 3.58. The van der Waals surface area contributed by atoms with Crippen molar-refractivity contribution in [3.63, 3.8) is 0 Å². The van der Waals surface area contributed by atoms with Crippen molar-refractivity contribution in [3.05, 3.63) is 65.2 Å². The van der Waals surface area contributed by atoms with Crippen molar-refractivity contribution in [3.8, 4) is 0 Å². The SMILES string of the molecule is CN1CC(C(c2ccccc2)n2cc(NC(=O)c3n[nH]c4c3CCC(C)(C)C4)cn2)CN(C)C1=O. The molecule has 1 fully saturated rings. The van der Waals surface area contributed by atoms with Crippen LogP contribution < -0.4 is 5.32 Å². The molecule has 0 saturated carbocycles. The van der Waals surface area contributed by atoms with Gasteiger partial charge in [0, 0.05) is 50.6 Å². The van der Waals surface area contributed by atoms with E-state index in [9.17, 15) is 9.59 Å². The second-order valence-electron chi connectivity index (χ2n) is 10.7. The number of hydrogen-bond donors (Lipinski definition) is 2. The van der Waals surface area contributed by atoms with Gasteiger partial charge in [0.05, 0.1) is 17.9 Å². The third kappa shape index (κ3) is 4.54. The lowest BCUT2D eigenvalue weighted by molar-refractivity contribution is 0.102. The Labute approximate surface area is 205 Å². The van der Waals surface area contributed by atoms with Gasteiger partial charge in [-0.15, -0.1) is 0 Å². The Kier molecular flexibility index (Phi) is 5.86. The molecule has 3 amide bonds. The summed E-state index contributed by atoms with van der Waals surface area (Å²) >= 11 is 0. The van der Waals surface area contributed by atoms with E-state index in [1.807, 2.05) is 43.2 Å². The molecule has 1 unspecified atom stereocenters. The summed E-state index contributed by atoms with van der Waals surface area (Å²) in [4.78, 5) is 28.9. The van der Waals surface area contributed by atoms with Crippen LogP contribution in [0.3, 0.4) is 0 Å². The number of fused-ring (bicyclic) bond motifs is 1. The molecule has 0 bridgehead atoms. The number of amides is 3. The van der Waals surface area contributed by atoms with Gasteiger partial charge in [0.25, 0.3) is 5.91 Å². The number of carbonyl (C=O) groups excluding carboxylic acids is 2. The zero-order valence-corrected chi connectivity index (χ0v) is 20.8. The summed E-state index contributed by atoms with van der Waals surface area (Å²) in [6.07, 6.45) is 6.32. The molecule has 0 radical (unpaired) electrons. The maximum absolute atomic E-state index is 13.1. The van der Waals surface area contributed by atoms with Gasteiger partial charge in [-0.3, -0.25) is 14.6 Å². The molecule has 1 saturated heterocycles. The molecule has 9 heteroatoms. The highest BCUT2D eigenvalue weighted by atomic mass is 16.2. The topological polar surface area (TPSA) is 99.1 Å². The van der Waals surface area contributed by atoms with E-state index < -0.39 is 0 Å². The van der Waals surface area contributed by atoms with E-state index in [4.69, 9.17) is 0 Å². The Balaban J connectivity index is 1.38. The summed E-state index contributed by atoms with van der Waals surface area (Å²) in [7, 11) is 3.65. The van der Waals surface area contributed by atoms with Crippen molar-refractivity contribution in [1.82, 2.24) is 29.8 Å². The number of aromatic amines is 1. The number of nitrogens with zero attached hydrogens (tertiary/aromatic N) is 5. The molecule has 9 nitrogen and oxygen atoms in total. The third-order valence-electron chi connectivity index (χ3n) is 7.28. The maximum Gasteiger partial charge on any atom is 0.319 e. The van der Waals surface area contributed by atoms with Gasteiger partial charge in [0.15, 0.2) is 5.69 Å². The first-order valence-corrected chi connectivity index (χ1v) is 12.1. The van der Waals surface area contributed by atoms with Crippen LogP contribution in [0.2, 0.25) is 0 Å². The number of urea groups is 1. The summed E-state index contributed by atoms with van der Waals surface area (Å²) in [6.45, 7) is 5.73. The van der Waals surface area contributed by atoms with Crippen LogP contribution in [-0.4, -0.2) is 68.9 Å². The zero-order chi connectivity index (χ0) is 24.7. The van der Waals surface area contributed by atoms with Crippen molar-refractivity contribution in [1.29, 1.82) is 0 Å². The van der Waals surface area contributed by atoms with Gasteiger partial charge < -0.3 is 15.1 Å². The molecular formula is C26H33N7O2. The van der Waals surface area contributed by atoms with Gasteiger partial charge in [0.1, 0.15) is 0 Å². The second kappa shape index (κ2) is 8.87. The third-order valence-corrected chi connectivity index (χ3v) is 7.28. The molecule has 2 aromatic heterocycles. The monoisotopic (exact) mass is 475 g/mol. The highest BCUT2D eigenvalue weighted by Gasteiger charge is 2.35. The molecule has 5 rings (SSSR count). The van der Waals surface area contributed by atoms with Crippen LogP contribution in [0.15, 0.2) is 42.7 Å². The Morgan fingerprint density at radius 2 is 1.89 bits per heavy atom. The lowest BCUT2D eigenvalue weighted by Crippen LogP contribution is -2.52. The Hall–Kier alpha value is -3.62. The molecule has 2 N–H and O–H groups in total. The minimum Gasteiger partial charge on any atom is -0.327 e. The molecule has 184 valence electrons. The molecule has 1 aliphatic heterocycles. The van der Waals surface area contributed by atoms with E-state index >= 15 is 0 Å². The minimum absolute atomic E-state index is 0.0206. The van der Waals surface area contributed by atoms with Gasteiger partial charge in [-0.2, -0.15) is 10.2 Å². The van der Waals surface area contributed by atoms with E-state index in [0.717, 1.165) is 36.1 Å². The standard InChI is InChI=1S/C26H33N7O2/c1-26(2)11-10-20-21(12-26)29-30-22(20)24(34)28-19-13-27-33(16-19)23(17-8-6-5-7-9-17)18-14-31(3)25(35)32(4)15-18/h5-9,13,16,18,23H,10-12,14-15H2,1-4H3,(H,28,34)(H,29,30). The van der Waals surface area contributed by atoms with E-state index in [1.54, 1.807) is 16.0 Å². The summed E-state index contributed by atoms with van der Waals surface area (Å²) in [6, 6.07) is 10.1. The van der Waals surface area contributed by atoms with Gasteiger partial charge in [-0.1, -0.05) is 44.2 Å². The molecule has 0 spiro atoms. The molecule has 3 aromatic rings. The molecule has 35 heavy (non-hydrogen) atoms. The highest BCUT2D eigenvalue weighted by molar-refractivity contribution is 6.03. The predicted molar refractivity (Wildman–Crippen MR) is 133 cm³/mol. The number of anilines is 1. The van der Waals surface area contributed by atoms with Crippen molar-refractivity contribution in [2.45, 2.75) is 39.2 Å². The van der Waals surface area contributed by atoms with Crippen LogP contribution in [0.4, 0.5) is 10.5 Å². The fourth-order valence-electron chi connectivity index (χ4n) is 5.48. The number of rotatable bonds is 5. The zero-order valence-electron chi connectivity index (χ0n) is 20.8. The minimum atomic E-state index is -0.222. The lowest BCUT2D eigenvalue weighted by atomic mass is 9.76. The summed E-state index contributed by atoms with van der Waals surface area (Å²) in [5.74, 6) is -0.0870. The number of hydrogen-bond acceptors (Lipinski definition) is 4. The second-order valence-corrected chi connectivity index (χ2v) is 10.7. The van der Waals surface area contributed by atoms with Crippen LogP contribution >= 0.6 is 0 Å². The lowest BCUT2D eigenvalue weighted by Gasteiger charge is -2.40. The summed E-state index contributed by atoms with van der Waals surface area (Å²) in [5, 5.41) is 15.0. The number of nitrogens with one attached hydrogen (secondary N) is 2. The fourth-order valence-corrected chi connectivity index (χ4v) is 5.48. The largest absolute Gasteiger partial charge is 0.327 e. The Morgan fingerprint density at radius 1 is 1.17 bits per heavy atom. The maximum atomic E-state index is 13.1. The first-order chi connectivity index (χ1) is 16.7. The molecule has 1 aliphatic carbocycles. The van der Waals surface area contributed by atoms with Crippen molar-refractivity contribution >= 4 is 17.6 Å². The number of aromatic nitrogens is 4. The van der Waals surface area contributed by atoms with E-state index in [-0.39, 0.29) is 29.3 Å².